The highest BCUT2D eigenvalue weighted by molar-refractivity contribution is 9.10. The third-order valence-corrected chi connectivity index (χ3v) is 4.91. The summed E-state index contributed by atoms with van der Waals surface area (Å²) in [6, 6.07) is 19.5. The second kappa shape index (κ2) is 10.4. The smallest absolute Gasteiger partial charge is 0.248 e. The van der Waals surface area contributed by atoms with Crippen molar-refractivity contribution in [3.05, 3.63) is 94.0 Å². The number of ether oxygens (including phenoxy) is 2. The van der Waals surface area contributed by atoms with E-state index in [-0.39, 0.29) is 5.91 Å². The van der Waals surface area contributed by atoms with Crippen molar-refractivity contribution in [3.8, 4) is 11.5 Å². The highest BCUT2D eigenvalue weighted by atomic mass is 79.9. The molecule has 0 aliphatic heterocycles. The van der Waals surface area contributed by atoms with Crippen molar-refractivity contribution >= 4 is 39.5 Å². The number of benzene rings is 3. The molecule has 158 valence electrons. The summed E-state index contributed by atoms with van der Waals surface area (Å²) in [5.74, 6) is 0.633. The first-order chi connectivity index (χ1) is 14.9. The van der Waals surface area contributed by atoms with Crippen LogP contribution >= 0.6 is 15.9 Å². The molecule has 3 rings (SSSR count). The molecule has 0 bridgehead atoms. The molecule has 3 aromatic rings. The summed E-state index contributed by atoms with van der Waals surface area (Å²) in [6.45, 7) is 0.324. The van der Waals surface area contributed by atoms with Gasteiger partial charge in [0.1, 0.15) is 18.1 Å². The Hall–Kier alpha value is -3.58. The molecule has 0 aromatic heterocycles. The van der Waals surface area contributed by atoms with E-state index in [1.165, 1.54) is 6.08 Å². The van der Waals surface area contributed by atoms with Gasteiger partial charge in [-0.1, -0.05) is 22.0 Å². The zero-order valence-corrected chi connectivity index (χ0v) is 18.4. The summed E-state index contributed by atoms with van der Waals surface area (Å²) >= 11 is 3.40. The average molecular weight is 481 g/mol. The Bertz CT molecular complexity index is 1090. The minimum absolute atomic E-state index is 0.296. The van der Waals surface area contributed by atoms with Gasteiger partial charge in [-0.2, -0.15) is 0 Å². The molecule has 0 fully saturated rings. The standard InChI is InChI=1S/C24H21BrN2O4/c1-30-22-12-2-16(14-18(22)15-31-21-10-6-19(25)7-11-21)3-13-23(28)27-20-8-4-17(5-9-20)24(26)29/h2-14H,15H2,1H3,(H2,26,29)(H,27,28). The Morgan fingerprint density at radius 2 is 1.74 bits per heavy atom. The lowest BCUT2D eigenvalue weighted by molar-refractivity contribution is -0.111. The van der Waals surface area contributed by atoms with Gasteiger partial charge in [0.05, 0.1) is 7.11 Å². The fourth-order valence-corrected chi connectivity index (χ4v) is 3.04. The van der Waals surface area contributed by atoms with Crippen LogP contribution in [0.2, 0.25) is 0 Å². The highest BCUT2D eigenvalue weighted by Crippen LogP contribution is 2.24. The molecule has 0 saturated heterocycles. The fourth-order valence-electron chi connectivity index (χ4n) is 2.78. The van der Waals surface area contributed by atoms with Crippen LogP contribution in [0.1, 0.15) is 21.5 Å². The third-order valence-electron chi connectivity index (χ3n) is 4.38. The molecule has 31 heavy (non-hydrogen) atoms. The van der Waals surface area contributed by atoms with Gasteiger partial charge in [0, 0.05) is 27.4 Å². The van der Waals surface area contributed by atoms with Crippen LogP contribution in [0.5, 0.6) is 11.5 Å². The molecule has 7 heteroatoms. The van der Waals surface area contributed by atoms with Crippen molar-refractivity contribution in [2.75, 3.05) is 12.4 Å². The molecule has 0 unspecified atom stereocenters. The summed E-state index contributed by atoms with van der Waals surface area (Å²) < 4.78 is 12.2. The number of carbonyl (C=O) groups excluding carboxylic acids is 2. The van der Waals surface area contributed by atoms with Gasteiger partial charge in [-0.3, -0.25) is 9.59 Å². The van der Waals surface area contributed by atoms with E-state index in [0.717, 1.165) is 21.3 Å². The number of nitrogens with one attached hydrogen (secondary N) is 1. The van der Waals surface area contributed by atoms with Gasteiger partial charge in [0.25, 0.3) is 0 Å². The predicted molar refractivity (Wildman–Crippen MR) is 124 cm³/mol. The maximum atomic E-state index is 12.2. The molecule has 6 nitrogen and oxygen atoms in total. The van der Waals surface area contributed by atoms with Crippen molar-refractivity contribution in [2.45, 2.75) is 6.61 Å². The Kier molecular flexibility index (Phi) is 7.45. The van der Waals surface area contributed by atoms with Crippen LogP contribution in [-0.2, 0) is 11.4 Å². The lowest BCUT2D eigenvalue weighted by Gasteiger charge is -2.11. The minimum Gasteiger partial charge on any atom is -0.496 e. The zero-order valence-electron chi connectivity index (χ0n) is 16.8. The van der Waals surface area contributed by atoms with Gasteiger partial charge in [0.2, 0.25) is 11.8 Å². The number of halogens is 1. The van der Waals surface area contributed by atoms with E-state index in [4.69, 9.17) is 15.2 Å². The summed E-state index contributed by atoms with van der Waals surface area (Å²) in [7, 11) is 1.60. The van der Waals surface area contributed by atoms with E-state index in [0.29, 0.717) is 23.6 Å². The second-order valence-corrected chi connectivity index (χ2v) is 7.49. The molecule has 0 aliphatic rings. The van der Waals surface area contributed by atoms with Crippen LogP contribution in [0.25, 0.3) is 6.08 Å². The predicted octanol–water partition coefficient (Wildman–Crippen LogP) is 4.79. The SMILES string of the molecule is COc1ccc(C=CC(=O)Nc2ccc(C(N)=O)cc2)cc1COc1ccc(Br)cc1. The van der Waals surface area contributed by atoms with Gasteiger partial charge < -0.3 is 20.5 Å². The quantitative estimate of drug-likeness (QED) is 0.453. The van der Waals surface area contributed by atoms with Crippen molar-refractivity contribution in [2.24, 2.45) is 5.73 Å². The van der Waals surface area contributed by atoms with Crippen molar-refractivity contribution in [1.82, 2.24) is 0 Å². The van der Waals surface area contributed by atoms with Crippen LogP contribution in [0.3, 0.4) is 0 Å². The van der Waals surface area contributed by atoms with Gasteiger partial charge in [-0.15, -0.1) is 0 Å². The van der Waals surface area contributed by atoms with Gasteiger partial charge in [-0.25, -0.2) is 0 Å². The van der Waals surface area contributed by atoms with Crippen LogP contribution in [0.15, 0.2) is 77.3 Å². The molecule has 2 amide bonds. The molecule has 0 saturated carbocycles. The number of methoxy groups -OCH3 is 1. The van der Waals surface area contributed by atoms with Crippen molar-refractivity contribution in [1.29, 1.82) is 0 Å². The Morgan fingerprint density at radius 3 is 2.39 bits per heavy atom. The van der Waals surface area contributed by atoms with Crippen molar-refractivity contribution in [3.63, 3.8) is 0 Å². The van der Waals surface area contributed by atoms with E-state index < -0.39 is 5.91 Å². The average Bonchev–Trinajstić information content (AvgIpc) is 2.77. The molecule has 0 spiro atoms. The van der Waals surface area contributed by atoms with E-state index >= 15 is 0 Å². The fraction of sp³-hybridized carbons (Fsp3) is 0.0833. The van der Waals surface area contributed by atoms with Crippen molar-refractivity contribution < 1.29 is 19.1 Å². The Balaban J connectivity index is 1.65. The number of amides is 2. The second-order valence-electron chi connectivity index (χ2n) is 6.58. The van der Waals surface area contributed by atoms with E-state index in [2.05, 4.69) is 21.2 Å². The molecular formula is C24H21BrN2O4. The van der Waals surface area contributed by atoms with Crippen LogP contribution in [0.4, 0.5) is 5.69 Å². The number of primary amides is 1. The molecule has 0 atom stereocenters. The number of hydrogen-bond acceptors (Lipinski definition) is 4. The summed E-state index contributed by atoms with van der Waals surface area (Å²) in [6.07, 6.45) is 3.14. The lowest BCUT2D eigenvalue weighted by Crippen LogP contribution is -2.11. The first-order valence-corrected chi connectivity index (χ1v) is 10.2. The molecule has 3 N–H and O–H groups in total. The summed E-state index contributed by atoms with van der Waals surface area (Å²) in [5.41, 5.74) is 7.84. The monoisotopic (exact) mass is 480 g/mol. The van der Waals surface area contributed by atoms with Crippen LogP contribution in [0, 0.1) is 0 Å². The largest absolute Gasteiger partial charge is 0.496 e. The molecule has 3 aromatic carbocycles. The molecule has 0 radical (unpaired) electrons. The maximum Gasteiger partial charge on any atom is 0.248 e. The first-order valence-electron chi connectivity index (χ1n) is 9.39. The maximum absolute atomic E-state index is 12.2. The van der Waals surface area contributed by atoms with E-state index in [1.54, 1.807) is 37.5 Å². The van der Waals surface area contributed by atoms with E-state index in [9.17, 15) is 9.59 Å². The third kappa shape index (κ3) is 6.45. The lowest BCUT2D eigenvalue weighted by atomic mass is 10.1. The Labute approximate surface area is 188 Å². The van der Waals surface area contributed by atoms with Gasteiger partial charge >= 0.3 is 0 Å². The molecular weight excluding hydrogens is 460 g/mol. The highest BCUT2D eigenvalue weighted by Gasteiger charge is 2.06. The van der Waals surface area contributed by atoms with Crippen LogP contribution in [-0.4, -0.2) is 18.9 Å². The first kappa shape index (κ1) is 22.1. The number of carbonyl (C=O) groups is 2. The number of hydrogen-bond donors (Lipinski definition) is 2. The minimum atomic E-state index is -0.516. The van der Waals surface area contributed by atoms with E-state index in [1.807, 2.05) is 42.5 Å². The normalized spacial score (nSPS) is 10.6. The number of anilines is 1. The summed E-state index contributed by atoms with van der Waals surface area (Å²) in [4.78, 5) is 23.3. The molecule has 0 aliphatic carbocycles. The topological polar surface area (TPSA) is 90.6 Å². The Morgan fingerprint density at radius 1 is 1.03 bits per heavy atom. The number of rotatable bonds is 8. The number of nitrogens with two attached hydrogens (primary N) is 1. The van der Waals surface area contributed by atoms with Crippen LogP contribution < -0.4 is 20.5 Å². The van der Waals surface area contributed by atoms with Gasteiger partial charge in [0.15, 0.2) is 0 Å². The zero-order chi connectivity index (χ0) is 22.2. The molecule has 0 heterocycles. The summed E-state index contributed by atoms with van der Waals surface area (Å²) in [5, 5.41) is 2.74. The van der Waals surface area contributed by atoms with Gasteiger partial charge in [-0.05, 0) is 72.3 Å².